The number of thioether (sulfide) groups is 1. The van der Waals surface area contributed by atoms with Gasteiger partial charge in [0.25, 0.3) is 0 Å². The minimum absolute atomic E-state index is 0.0833. The zero-order valence-corrected chi connectivity index (χ0v) is 17.3. The van der Waals surface area contributed by atoms with Crippen molar-refractivity contribution in [3.05, 3.63) is 71.0 Å². The van der Waals surface area contributed by atoms with Gasteiger partial charge in [-0.15, -0.1) is 10.2 Å². The van der Waals surface area contributed by atoms with Gasteiger partial charge in [0.1, 0.15) is 5.82 Å². The van der Waals surface area contributed by atoms with E-state index in [1.165, 1.54) is 5.56 Å². The first-order valence-electron chi connectivity index (χ1n) is 9.24. The van der Waals surface area contributed by atoms with Crippen LogP contribution in [0.15, 0.2) is 59.8 Å². The summed E-state index contributed by atoms with van der Waals surface area (Å²) in [5, 5.41) is 10.3. The summed E-state index contributed by atoms with van der Waals surface area (Å²) in [6.07, 6.45) is 1.98. The number of rotatable bonds is 9. The van der Waals surface area contributed by atoms with Crippen LogP contribution in [-0.4, -0.2) is 20.7 Å². The minimum Gasteiger partial charge on any atom is -0.370 e. The molecule has 28 heavy (non-hydrogen) atoms. The molecule has 0 aliphatic heterocycles. The lowest BCUT2D eigenvalue weighted by Crippen LogP contribution is -2.18. The summed E-state index contributed by atoms with van der Waals surface area (Å²) in [5.41, 5.74) is 7.58. The zero-order valence-electron chi connectivity index (χ0n) is 15.7. The number of halogens is 1. The average molecular weight is 415 g/mol. The third-order valence-corrected chi connectivity index (χ3v) is 5.62. The van der Waals surface area contributed by atoms with Crippen molar-refractivity contribution in [2.24, 2.45) is 5.73 Å². The molecule has 1 aromatic heterocycles. The number of amides is 1. The van der Waals surface area contributed by atoms with Crippen LogP contribution >= 0.6 is 23.4 Å². The smallest absolute Gasteiger partial charge is 0.218 e. The average Bonchev–Trinajstić information content (AvgIpc) is 3.10. The summed E-state index contributed by atoms with van der Waals surface area (Å²) in [6.45, 7) is 2.08. The lowest BCUT2D eigenvalue weighted by atomic mass is 9.98. The van der Waals surface area contributed by atoms with Crippen molar-refractivity contribution in [2.75, 3.05) is 0 Å². The standard InChI is InChI=1S/C21H23ClN4OS/c1-2-7-16(12-19(23)27)20-24-25-21(28-14-15-8-4-3-5-9-15)26(20)18-11-6-10-17(22)13-18/h3-6,8-11,13,16H,2,7,12,14H2,1H3,(H2,23,27). The van der Waals surface area contributed by atoms with E-state index in [0.717, 1.165) is 35.3 Å². The maximum Gasteiger partial charge on any atom is 0.218 e. The van der Waals surface area contributed by atoms with E-state index < -0.39 is 0 Å². The molecule has 3 aromatic rings. The molecule has 0 spiro atoms. The number of primary amides is 1. The van der Waals surface area contributed by atoms with E-state index in [2.05, 4.69) is 29.3 Å². The molecule has 0 radical (unpaired) electrons. The summed E-state index contributed by atoms with van der Waals surface area (Å²) < 4.78 is 2.00. The number of aromatic nitrogens is 3. The second-order valence-electron chi connectivity index (χ2n) is 6.59. The number of nitrogens with zero attached hydrogens (tertiary/aromatic N) is 3. The lowest BCUT2D eigenvalue weighted by Gasteiger charge is -2.17. The van der Waals surface area contributed by atoms with E-state index in [1.54, 1.807) is 11.8 Å². The van der Waals surface area contributed by atoms with Gasteiger partial charge in [0, 0.05) is 23.1 Å². The van der Waals surface area contributed by atoms with Crippen LogP contribution in [0.25, 0.3) is 5.69 Å². The molecule has 1 atom stereocenters. The largest absolute Gasteiger partial charge is 0.370 e. The lowest BCUT2D eigenvalue weighted by molar-refractivity contribution is -0.118. The van der Waals surface area contributed by atoms with Gasteiger partial charge in [0.05, 0.1) is 5.69 Å². The van der Waals surface area contributed by atoms with Crippen LogP contribution < -0.4 is 5.73 Å². The molecular weight excluding hydrogens is 392 g/mol. The Morgan fingerprint density at radius 1 is 1.18 bits per heavy atom. The highest BCUT2D eigenvalue weighted by Crippen LogP contribution is 2.32. The molecule has 146 valence electrons. The number of hydrogen-bond acceptors (Lipinski definition) is 4. The van der Waals surface area contributed by atoms with Gasteiger partial charge in [0.15, 0.2) is 5.16 Å². The summed E-state index contributed by atoms with van der Waals surface area (Å²) in [6, 6.07) is 17.8. The Hall–Kier alpha value is -2.31. The normalized spacial score (nSPS) is 12.1. The Morgan fingerprint density at radius 2 is 1.96 bits per heavy atom. The van der Waals surface area contributed by atoms with Crippen molar-refractivity contribution in [2.45, 2.75) is 43.0 Å². The van der Waals surface area contributed by atoms with Crippen molar-refractivity contribution < 1.29 is 4.79 Å². The molecule has 5 nitrogen and oxygen atoms in total. The van der Waals surface area contributed by atoms with Crippen molar-refractivity contribution >= 4 is 29.3 Å². The first-order chi connectivity index (χ1) is 13.6. The van der Waals surface area contributed by atoms with Crippen molar-refractivity contribution in [1.82, 2.24) is 14.8 Å². The molecule has 7 heteroatoms. The summed E-state index contributed by atoms with van der Waals surface area (Å²) in [4.78, 5) is 11.6. The topological polar surface area (TPSA) is 73.8 Å². The van der Waals surface area contributed by atoms with Crippen LogP contribution in [0, 0.1) is 0 Å². The van der Waals surface area contributed by atoms with Crippen LogP contribution in [0.4, 0.5) is 0 Å². The van der Waals surface area contributed by atoms with E-state index in [0.29, 0.717) is 5.02 Å². The molecule has 0 saturated heterocycles. The Bertz CT molecular complexity index is 929. The van der Waals surface area contributed by atoms with Crippen LogP contribution in [-0.2, 0) is 10.5 Å². The van der Waals surface area contributed by atoms with E-state index >= 15 is 0 Å². The summed E-state index contributed by atoms with van der Waals surface area (Å²) in [5.74, 6) is 1.10. The van der Waals surface area contributed by atoms with Crippen LogP contribution in [0.2, 0.25) is 5.02 Å². The van der Waals surface area contributed by atoms with Gasteiger partial charge < -0.3 is 5.73 Å². The Morgan fingerprint density at radius 3 is 2.64 bits per heavy atom. The van der Waals surface area contributed by atoms with Gasteiger partial charge in [-0.1, -0.05) is 73.1 Å². The number of carbonyl (C=O) groups is 1. The van der Waals surface area contributed by atoms with Crippen molar-refractivity contribution in [3.8, 4) is 5.69 Å². The van der Waals surface area contributed by atoms with Crippen molar-refractivity contribution in [3.63, 3.8) is 0 Å². The quantitative estimate of drug-likeness (QED) is 0.501. The molecule has 1 amide bonds. The van der Waals surface area contributed by atoms with Gasteiger partial charge in [0.2, 0.25) is 5.91 Å². The molecule has 2 aromatic carbocycles. The molecule has 2 N–H and O–H groups in total. The van der Waals surface area contributed by atoms with E-state index in [9.17, 15) is 4.79 Å². The fraction of sp³-hybridized carbons (Fsp3) is 0.286. The summed E-state index contributed by atoms with van der Waals surface area (Å²) >= 11 is 7.84. The second kappa shape index (κ2) is 9.75. The van der Waals surface area contributed by atoms with Gasteiger partial charge in [-0.3, -0.25) is 9.36 Å². The predicted octanol–water partition coefficient (Wildman–Crippen LogP) is 4.97. The summed E-state index contributed by atoms with van der Waals surface area (Å²) in [7, 11) is 0. The highest BCUT2D eigenvalue weighted by molar-refractivity contribution is 7.98. The first kappa shape index (κ1) is 20.4. The van der Waals surface area contributed by atoms with Crippen molar-refractivity contribution in [1.29, 1.82) is 0 Å². The molecule has 0 saturated carbocycles. The highest BCUT2D eigenvalue weighted by atomic mass is 35.5. The molecule has 0 bridgehead atoms. The van der Waals surface area contributed by atoms with Gasteiger partial charge in [-0.25, -0.2) is 0 Å². The second-order valence-corrected chi connectivity index (χ2v) is 7.97. The van der Waals surface area contributed by atoms with Crippen LogP contribution in [0.5, 0.6) is 0 Å². The predicted molar refractivity (Wildman–Crippen MR) is 114 cm³/mol. The van der Waals surface area contributed by atoms with Gasteiger partial charge in [-0.05, 0) is 30.2 Å². The molecule has 1 unspecified atom stereocenters. The fourth-order valence-electron chi connectivity index (χ4n) is 3.13. The maximum absolute atomic E-state index is 11.6. The Balaban J connectivity index is 1.99. The molecule has 0 aliphatic rings. The Kier molecular flexibility index (Phi) is 7.12. The SMILES string of the molecule is CCCC(CC(N)=O)c1nnc(SCc2ccccc2)n1-c1cccc(Cl)c1. The van der Waals surface area contributed by atoms with E-state index in [1.807, 2.05) is 47.0 Å². The first-order valence-corrected chi connectivity index (χ1v) is 10.6. The number of hydrogen-bond donors (Lipinski definition) is 1. The monoisotopic (exact) mass is 414 g/mol. The molecule has 0 fully saturated rings. The molecule has 0 aliphatic carbocycles. The number of benzene rings is 2. The minimum atomic E-state index is -0.336. The maximum atomic E-state index is 11.6. The Labute approximate surface area is 174 Å². The van der Waals surface area contributed by atoms with Gasteiger partial charge in [-0.2, -0.15) is 0 Å². The molecular formula is C21H23ClN4OS. The molecule has 3 rings (SSSR count). The number of carbonyl (C=O) groups excluding carboxylic acids is 1. The number of nitrogens with two attached hydrogens (primary N) is 1. The third-order valence-electron chi connectivity index (χ3n) is 4.39. The van der Waals surface area contributed by atoms with Gasteiger partial charge >= 0.3 is 0 Å². The van der Waals surface area contributed by atoms with Crippen LogP contribution in [0.1, 0.15) is 43.5 Å². The fourth-order valence-corrected chi connectivity index (χ4v) is 4.23. The van der Waals surface area contributed by atoms with E-state index in [-0.39, 0.29) is 18.2 Å². The third kappa shape index (κ3) is 5.14. The zero-order chi connectivity index (χ0) is 19.9. The van der Waals surface area contributed by atoms with E-state index in [4.69, 9.17) is 17.3 Å². The molecule has 1 heterocycles. The van der Waals surface area contributed by atoms with Crippen LogP contribution in [0.3, 0.4) is 0 Å². The highest BCUT2D eigenvalue weighted by Gasteiger charge is 2.24.